The number of sulfonamides is 1. The van der Waals surface area contributed by atoms with Crippen molar-refractivity contribution in [3.8, 4) is 0 Å². The van der Waals surface area contributed by atoms with Gasteiger partial charge in [-0.15, -0.1) is 0 Å². The van der Waals surface area contributed by atoms with Crippen molar-refractivity contribution in [2.24, 2.45) is 0 Å². The Balaban J connectivity index is 2.32. The highest BCUT2D eigenvalue weighted by Crippen LogP contribution is 2.20. The molecule has 2 aromatic rings. The van der Waals surface area contributed by atoms with Gasteiger partial charge in [0.1, 0.15) is 0 Å². The van der Waals surface area contributed by atoms with Crippen LogP contribution < -0.4 is 9.60 Å². The molecule has 0 aliphatic heterocycles. The van der Waals surface area contributed by atoms with Gasteiger partial charge in [-0.1, -0.05) is 41.7 Å². The summed E-state index contributed by atoms with van der Waals surface area (Å²) in [5.41, 5.74) is 0.941. The van der Waals surface area contributed by atoms with Crippen LogP contribution >= 0.6 is 11.3 Å². The molecule has 6 nitrogen and oxygen atoms in total. The third-order valence-corrected chi connectivity index (χ3v) is 5.78. The number of benzene rings is 1. The summed E-state index contributed by atoms with van der Waals surface area (Å²) in [6.07, 6.45) is 0. The maximum atomic E-state index is 12.2. The highest BCUT2D eigenvalue weighted by atomic mass is 32.2. The van der Waals surface area contributed by atoms with E-state index in [0.29, 0.717) is 16.9 Å². The van der Waals surface area contributed by atoms with E-state index in [0.717, 1.165) is 0 Å². The molecule has 1 heterocycles. The molecule has 0 unspecified atom stereocenters. The zero-order valence-corrected chi connectivity index (χ0v) is 12.3. The van der Waals surface area contributed by atoms with Crippen molar-refractivity contribution < 1.29 is 13.5 Å². The number of H-pyrrole nitrogens is 1. The Morgan fingerprint density at radius 2 is 2.00 bits per heavy atom. The van der Waals surface area contributed by atoms with E-state index < -0.39 is 20.9 Å². The number of aryl methyl sites for hydroxylation is 1. The van der Waals surface area contributed by atoms with Gasteiger partial charge in [0.15, 0.2) is 4.21 Å². The van der Waals surface area contributed by atoms with Gasteiger partial charge >= 0.3 is 4.87 Å². The van der Waals surface area contributed by atoms with Crippen LogP contribution in [0.25, 0.3) is 0 Å². The van der Waals surface area contributed by atoms with E-state index in [2.05, 4.69) is 9.71 Å². The Hall–Kier alpha value is -1.48. The Labute approximate surface area is 120 Å². The summed E-state index contributed by atoms with van der Waals surface area (Å²) in [5, 5.41) is 9.37. The lowest BCUT2D eigenvalue weighted by molar-refractivity contribution is 0.259. The van der Waals surface area contributed by atoms with Crippen LogP contribution in [0.2, 0.25) is 0 Å². The van der Waals surface area contributed by atoms with Gasteiger partial charge in [-0.2, -0.15) is 0 Å². The van der Waals surface area contributed by atoms with E-state index in [4.69, 9.17) is 0 Å². The third kappa shape index (κ3) is 3.15. The highest BCUT2D eigenvalue weighted by molar-refractivity contribution is 7.91. The molecule has 3 N–H and O–H groups in total. The molecule has 1 aromatic carbocycles. The van der Waals surface area contributed by atoms with Crippen molar-refractivity contribution in [3.05, 3.63) is 51.3 Å². The lowest BCUT2D eigenvalue weighted by Crippen LogP contribution is -2.30. The number of aromatic nitrogens is 1. The number of aliphatic hydroxyl groups excluding tert-OH is 1. The van der Waals surface area contributed by atoms with Gasteiger partial charge in [0.25, 0.3) is 10.0 Å². The minimum Gasteiger partial charge on any atom is -0.394 e. The number of thiazole rings is 1. The number of aromatic amines is 1. The molecule has 1 atom stereocenters. The number of rotatable bonds is 5. The van der Waals surface area contributed by atoms with Gasteiger partial charge in [-0.3, -0.25) is 4.79 Å². The van der Waals surface area contributed by atoms with Gasteiger partial charge in [0, 0.05) is 5.69 Å². The van der Waals surface area contributed by atoms with E-state index in [9.17, 15) is 18.3 Å². The van der Waals surface area contributed by atoms with Crippen molar-refractivity contribution >= 4 is 21.4 Å². The summed E-state index contributed by atoms with van der Waals surface area (Å²) in [7, 11) is -3.85. The quantitative estimate of drug-likeness (QED) is 0.758. The van der Waals surface area contributed by atoms with E-state index in [1.54, 1.807) is 30.3 Å². The van der Waals surface area contributed by atoms with Crippen molar-refractivity contribution in [2.75, 3.05) is 6.61 Å². The van der Waals surface area contributed by atoms with Gasteiger partial charge in [0.05, 0.1) is 12.6 Å². The van der Waals surface area contributed by atoms with Crippen LogP contribution in [0.3, 0.4) is 0 Å². The fourth-order valence-electron chi connectivity index (χ4n) is 1.78. The molecular formula is C12H14N2O4S2. The molecule has 0 fully saturated rings. The number of nitrogens with one attached hydrogen (secondary N) is 2. The smallest absolute Gasteiger partial charge is 0.305 e. The van der Waals surface area contributed by atoms with Crippen LogP contribution in [0.5, 0.6) is 0 Å². The molecule has 2 rings (SSSR count). The maximum Gasteiger partial charge on any atom is 0.305 e. The molecular weight excluding hydrogens is 300 g/mol. The molecule has 20 heavy (non-hydrogen) atoms. The maximum absolute atomic E-state index is 12.2. The van der Waals surface area contributed by atoms with Gasteiger partial charge in [0.2, 0.25) is 0 Å². The summed E-state index contributed by atoms with van der Waals surface area (Å²) in [6, 6.07) is 8.00. The molecule has 0 spiro atoms. The van der Waals surface area contributed by atoms with E-state index in [1.807, 2.05) is 0 Å². The predicted molar refractivity (Wildman–Crippen MR) is 76.3 cm³/mol. The van der Waals surface area contributed by atoms with Crippen LogP contribution in [-0.2, 0) is 10.0 Å². The monoisotopic (exact) mass is 314 g/mol. The molecule has 1 aromatic heterocycles. The molecule has 0 aliphatic carbocycles. The average Bonchev–Trinajstić information content (AvgIpc) is 2.77. The largest absolute Gasteiger partial charge is 0.394 e. The molecule has 0 saturated carbocycles. The minimum atomic E-state index is -3.85. The summed E-state index contributed by atoms with van der Waals surface area (Å²) in [4.78, 5) is 13.2. The molecule has 8 heteroatoms. The fraction of sp³-hybridized carbons (Fsp3) is 0.250. The van der Waals surface area contributed by atoms with Crippen molar-refractivity contribution in [3.63, 3.8) is 0 Å². The Bertz CT molecular complexity index is 734. The lowest BCUT2D eigenvalue weighted by Gasteiger charge is -2.16. The summed E-state index contributed by atoms with van der Waals surface area (Å²) >= 11 is 0.626. The zero-order chi connectivity index (χ0) is 14.8. The Morgan fingerprint density at radius 3 is 2.50 bits per heavy atom. The first-order chi connectivity index (χ1) is 9.44. The van der Waals surface area contributed by atoms with Gasteiger partial charge in [-0.05, 0) is 12.5 Å². The lowest BCUT2D eigenvalue weighted by atomic mass is 10.1. The summed E-state index contributed by atoms with van der Waals surface area (Å²) in [6.45, 7) is 1.14. The summed E-state index contributed by atoms with van der Waals surface area (Å²) < 4.78 is 26.8. The average molecular weight is 314 g/mol. The number of aliphatic hydroxyl groups is 1. The zero-order valence-electron chi connectivity index (χ0n) is 10.7. The van der Waals surface area contributed by atoms with Crippen LogP contribution in [0.1, 0.15) is 17.3 Å². The molecule has 0 saturated heterocycles. The van der Waals surface area contributed by atoms with E-state index >= 15 is 0 Å². The molecule has 0 amide bonds. The SMILES string of the molecule is Cc1[nH]c(=O)sc1S(=O)(=O)N[C@@H](CO)c1ccccc1. The van der Waals surface area contributed by atoms with Crippen molar-refractivity contribution in [1.29, 1.82) is 0 Å². The molecule has 108 valence electrons. The van der Waals surface area contributed by atoms with E-state index in [-0.39, 0.29) is 16.5 Å². The number of hydrogen-bond acceptors (Lipinski definition) is 5. The van der Waals surface area contributed by atoms with Crippen LogP contribution in [-0.4, -0.2) is 25.1 Å². The van der Waals surface area contributed by atoms with Gasteiger partial charge < -0.3 is 10.1 Å². The molecule has 0 aliphatic rings. The van der Waals surface area contributed by atoms with Crippen molar-refractivity contribution in [1.82, 2.24) is 9.71 Å². The summed E-state index contributed by atoms with van der Waals surface area (Å²) in [5.74, 6) is 0. The third-order valence-electron chi connectivity index (χ3n) is 2.71. The van der Waals surface area contributed by atoms with Crippen LogP contribution in [0, 0.1) is 6.92 Å². The second-order valence-electron chi connectivity index (χ2n) is 4.19. The normalized spacial score (nSPS) is 13.3. The topological polar surface area (TPSA) is 99.3 Å². The first kappa shape index (κ1) is 14.9. The minimum absolute atomic E-state index is 0.0584. The second-order valence-corrected chi connectivity index (χ2v) is 7.09. The first-order valence-electron chi connectivity index (χ1n) is 5.82. The van der Waals surface area contributed by atoms with Crippen molar-refractivity contribution in [2.45, 2.75) is 17.2 Å². The van der Waals surface area contributed by atoms with Crippen LogP contribution in [0.15, 0.2) is 39.3 Å². The van der Waals surface area contributed by atoms with E-state index in [1.165, 1.54) is 6.92 Å². The first-order valence-corrected chi connectivity index (χ1v) is 8.12. The highest BCUT2D eigenvalue weighted by Gasteiger charge is 2.24. The van der Waals surface area contributed by atoms with Crippen LogP contribution in [0.4, 0.5) is 0 Å². The molecule has 0 bridgehead atoms. The predicted octanol–water partition coefficient (Wildman–Crippen LogP) is 0.757. The Morgan fingerprint density at radius 1 is 1.35 bits per heavy atom. The Kier molecular flexibility index (Phi) is 4.39. The number of hydrogen-bond donors (Lipinski definition) is 3. The fourth-order valence-corrected chi connectivity index (χ4v) is 4.32. The van der Waals surface area contributed by atoms with Gasteiger partial charge in [-0.25, -0.2) is 13.1 Å². The standard InChI is InChI=1S/C12H14N2O4S2/c1-8-11(19-12(16)13-8)20(17,18)14-10(7-15)9-5-3-2-4-6-9/h2-6,10,14-15H,7H2,1H3,(H,13,16)/t10-/m0/s1. The molecule has 0 radical (unpaired) electrons. The second kappa shape index (κ2) is 5.88.